The second-order valence-corrected chi connectivity index (χ2v) is 5.72. The lowest BCUT2D eigenvalue weighted by Gasteiger charge is -2.15. The Hall–Kier alpha value is -2.31. The van der Waals surface area contributed by atoms with Gasteiger partial charge in [0.2, 0.25) is 0 Å². The molecule has 1 amide bonds. The summed E-state index contributed by atoms with van der Waals surface area (Å²) in [6.45, 7) is 3.62. The minimum Gasteiger partial charge on any atom is -0.480 e. The van der Waals surface area contributed by atoms with Gasteiger partial charge in [-0.1, -0.05) is 25.3 Å². The maximum atomic E-state index is 12.5. The van der Waals surface area contributed by atoms with Gasteiger partial charge in [-0.2, -0.15) is 13.2 Å². The fourth-order valence-electron chi connectivity index (χ4n) is 2.30. The molecule has 0 fully saturated rings. The number of amides is 1. The molecule has 1 aromatic carbocycles. The molecule has 1 atom stereocenters. The van der Waals surface area contributed by atoms with E-state index in [-0.39, 0.29) is 12.0 Å². The molecule has 0 aliphatic heterocycles. The first-order valence-electron chi connectivity index (χ1n) is 8.07. The molecule has 0 saturated carbocycles. The van der Waals surface area contributed by atoms with Gasteiger partial charge in [-0.3, -0.25) is 4.79 Å². The van der Waals surface area contributed by atoms with Gasteiger partial charge in [0.1, 0.15) is 6.04 Å². The summed E-state index contributed by atoms with van der Waals surface area (Å²) in [6.07, 6.45) is 1.94. The van der Waals surface area contributed by atoms with Crippen LogP contribution in [0.25, 0.3) is 0 Å². The van der Waals surface area contributed by atoms with Crippen molar-refractivity contribution in [1.82, 2.24) is 5.32 Å². The van der Waals surface area contributed by atoms with E-state index in [4.69, 9.17) is 0 Å². The van der Waals surface area contributed by atoms with Gasteiger partial charge in [-0.15, -0.1) is 6.58 Å². The third kappa shape index (κ3) is 7.41. The molecular formula is C18H22F3NO3. The summed E-state index contributed by atoms with van der Waals surface area (Å²) < 4.78 is 37.5. The van der Waals surface area contributed by atoms with E-state index in [0.29, 0.717) is 6.42 Å². The van der Waals surface area contributed by atoms with Gasteiger partial charge in [0.05, 0.1) is 5.56 Å². The number of carbonyl (C=O) groups excluding carboxylic acids is 1. The molecule has 1 aromatic rings. The number of carbonyl (C=O) groups is 2. The lowest BCUT2D eigenvalue weighted by molar-refractivity contribution is -0.139. The number of halogens is 3. The van der Waals surface area contributed by atoms with Gasteiger partial charge in [0, 0.05) is 5.56 Å². The zero-order valence-electron chi connectivity index (χ0n) is 13.8. The Bertz CT molecular complexity index is 582. The first-order valence-corrected chi connectivity index (χ1v) is 8.07. The quantitative estimate of drug-likeness (QED) is 0.481. The van der Waals surface area contributed by atoms with Crippen molar-refractivity contribution in [1.29, 1.82) is 0 Å². The molecule has 0 unspecified atom stereocenters. The Morgan fingerprint density at radius 3 is 2.24 bits per heavy atom. The van der Waals surface area contributed by atoms with Crippen molar-refractivity contribution in [2.45, 2.75) is 50.7 Å². The minimum absolute atomic E-state index is 0.00904. The average molecular weight is 357 g/mol. The summed E-state index contributed by atoms with van der Waals surface area (Å²) in [4.78, 5) is 23.3. The van der Waals surface area contributed by atoms with Crippen LogP contribution in [0.3, 0.4) is 0 Å². The predicted octanol–water partition coefficient (Wildman–Crippen LogP) is 4.42. The van der Waals surface area contributed by atoms with Crippen molar-refractivity contribution in [2.75, 3.05) is 0 Å². The molecule has 0 radical (unpaired) electrons. The van der Waals surface area contributed by atoms with E-state index in [2.05, 4.69) is 11.9 Å². The summed E-state index contributed by atoms with van der Waals surface area (Å²) in [5.41, 5.74) is -0.872. The molecule has 138 valence electrons. The van der Waals surface area contributed by atoms with Crippen LogP contribution >= 0.6 is 0 Å². The Morgan fingerprint density at radius 2 is 1.72 bits per heavy atom. The lowest BCUT2D eigenvalue weighted by atomic mass is 10.1. The number of aliphatic carboxylic acids is 1. The highest BCUT2D eigenvalue weighted by Gasteiger charge is 2.30. The normalized spacial score (nSPS) is 12.4. The van der Waals surface area contributed by atoms with Gasteiger partial charge >= 0.3 is 12.1 Å². The molecule has 0 spiro atoms. The number of carboxylic acids is 1. The van der Waals surface area contributed by atoms with E-state index in [9.17, 15) is 27.9 Å². The number of hydrogen-bond donors (Lipinski definition) is 2. The maximum absolute atomic E-state index is 12.5. The van der Waals surface area contributed by atoms with Gasteiger partial charge in [0.25, 0.3) is 5.91 Å². The first-order chi connectivity index (χ1) is 11.8. The Kier molecular flexibility index (Phi) is 8.18. The number of carboxylic acid groups (broad SMARTS) is 1. The topological polar surface area (TPSA) is 66.4 Å². The second kappa shape index (κ2) is 9.86. The molecule has 0 aliphatic carbocycles. The van der Waals surface area contributed by atoms with E-state index >= 15 is 0 Å². The highest BCUT2D eigenvalue weighted by molar-refractivity contribution is 5.96. The van der Waals surface area contributed by atoms with Crippen LogP contribution in [-0.4, -0.2) is 23.0 Å². The van der Waals surface area contributed by atoms with Crippen LogP contribution in [0, 0.1) is 0 Å². The van der Waals surface area contributed by atoms with E-state index in [1.54, 1.807) is 0 Å². The van der Waals surface area contributed by atoms with Crippen molar-refractivity contribution in [3.8, 4) is 0 Å². The number of unbranched alkanes of at least 4 members (excludes halogenated alkanes) is 4. The fourth-order valence-corrected chi connectivity index (χ4v) is 2.30. The number of alkyl halides is 3. The van der Waals surface area contributed by atoms with Crippen molar-refractivity contribution >= 4 is 11.9 Å². The van der Waals surface area contributed by atoms with Crippen LogP contribution in [-0.2, 0) is 11.0 Å². The molecule has 7 heteroatoms. The summed E-state index contributed by atoms with van der Waals surface area (Å²) in [6, 6.07) is 2.60. The number of nitrogens with one attached hydrogen (secondary N) is 1. The molecule has 1 rings (SSSR count). The third-order valence-corrected chi connectivity index (χ3v) is 3.73. The van der Waals surface area contributed by atoms with Crippen LogP contribution in [0.1, 0.15) is 54.4 Å². The SMILES string of the molecule is C=CCCCCCC[C@@H](NC(=O)c1ccc(C(F)(F)F)cc1)C(=O)O. The predicted molar refractivity (Wildman–Crippen MR) is 88.2 cm³/mol. The largest absolute Gasteiger partial charge is 0.480 e. The van der Waals surface area contributed by atoms with E-state index in [0.717, 1.165) is 49.9 Å². The molecule has 25 heavy (non-hydrogen) atoms. The van der Waals surface area contributed by atoms with Crippen LogP contribution in [0.2, 0.25) is 0 Å². The highest BCUT2D eigenvalue weighted by atomic mass is 19.4. The molecule has 0 aliphatic rings. The van der Waals surface area contributed by atoms with Gasteiger partial charge in [-0.25, -0.2) is 4.79 Å². The van der Waals surface area contributed by atoms with E-state index in [1.165, 1.54) is 0 Å². The van der Waals surface area contributed by atoms with E-state index < -0.39 is 29.7 Å². The third-order valence-electron chi connectivity index (χ3n) is 3.73. The molecule has 0 bridgehead atoms. The Balaban J connectivity index is 2.55. The molecule has 2 N–H and O–H groups in total. The summed E-state index contributed by atoms with van der Waals surface area (Å²) in [5.74, 6) is -1.86. The lowest BCUT2D eigenvalue weighted by Crippen LogP contribution is -2.40. The number of hydrogen-bond acceptors (Lipinski definition) is 2. The van der Waals surface area contributed by atoms with Crippen molar-refractivity contribution in [2.24, 2.45) is 0 Å². The second-order valence-electron chi connectivity index (χ2n) is 5.72. The first kappa shape index (κ1) is 20.7. The van der Waals surface area contributed by atoms with Crippen molar-refractivity contribution < 1.29 is 27.9 Å². The number of benzene rings is 1. The van der Waals surface area contributed by atoms with Crippen LogP contribution < -0.4 is 5.32 Å². The van der Waals surface area contributed by atoms with Crippen LogP contribution in [0.4, 0.5) is 13.2 Å². The summed E-state index contributed by atoms with van der Waals surface area (Å²) in [5, 5.41) is 11.5. The molecule has 0 aromatic heterocycles. The average Bonchev–Trinajstić information content (AvgIpc) is 2.55. The molecular weight excluding hydrogens is 335 g/mol. The van der Waals surface area contributed by atoms with Gasteiger partial charge in [0.15, 0.2) is 0 Å². The minimum atomic E-state index is -4.48. The summed E-state index contributed by atoms with van der Waals surface area (Å²) >= 11 is 0. The van der Waals surface area contributed by atoms with Crippen molar-refractivity contribution in [3.63, 3.8) is 0 Å². The zero-order valence-corrected chi connectivity index (χ0v) is 13.8. The highest BCUT2D eigenvalue weighted by Crippen LogP contribution is 2.29. The molecule has 0 saturated heterocycles. The van der Waals surface area contributed by atoms with Gasteiger partial charge < -0.3 is 10.4 Å². The molecule has 4 nitrogen and oxygen atoms in total. The Morgan fingerprint density at radius 1 is 1.12 bits per heavy atom. The van der Waals surface area contributed by atoms with Crippen molar-refractivity contribution in [3.05, 3.63) is 48.0 Å². The smallest absolute Gasteiger partial charge is 0.416 e. The van der Waals surface area contributed by atoms with Gasteiger partial charge in [-0.05, 0) is 43.5 Å². The van der Waals surface area contributed by atoms with Crippen LogP contribution in [0.15, 0.2) is 36.9 Å². The van der Waals surface area contributed by atoms with E-state index in [1.807, 2.05) is 6.08 Å². The number of rotatable bonds is 10. The fraction of sp³-hybridized carbons (Fsp3) is 0.444. The maximum Gasteiger partial charge on any atom is 0.416 e. The Labute approximate surface area is 144 Å². The monoisotopic (exact) mass is 357 g/mol. The van der Waals surface area contributed by atoms with Crippen LogP contribution in [0.5, 0.6) is 0 Å². The number of allylic oxidation sites excluding steroid dienone is 1. The summed E-state index contributed by atoms with van der Waals surface area (Å²) in [7, 11) is 0. The standard InChI is InChI=1S/C18H22F3NO3/c1-2-3-4-5-6-7-8-15(17(24)25)22-16(23)13-9-11-14(12-10-13)18(19,20)21/h2,9-12,15H,1,3-8H2,(H,22,23)(H,24,25)/t15-/m1/s1. The molecule has 0 heterocycles. The zero-order chi connectivity index (χ0) is 18.9.